The Bertz CT molecular complexity index is 594. The molecule has 4 heteroatoms. The molecule has 0 aliphatic rings. The van der Waals surface area contributed by atoms with Crippen LogP contribution in [0.5, 0.6) is 5.75 Å². The van der Waals surface area contributed by atoms with E-state index in [0.717, 1.165) is 40.7 Å². The Labute approximate surface area is 131 Å². The van der Waals surface area contributed by atoms with E-state index in [1.807, 2.05) is 44.2 Å². The third kappa shape index (κ3) is 3.80. The molecule has 0 aliphatic heterocycles. The largest absolute Gasteiger partial charge is 0.481 e. The molecule has 2 N–H and O–H groups in total. The standard InChI is InChI=1S/C17H22ClNO2/c1-4-12-10-13(7-8-14(12)18)21-17(15(19)5-2)16-9-6-11(3)20-16/h6-10,15,17H,4-5,19H2,1-3H3. The molecule has 0 amide bonds. The van der Waals surface area contributed by atoms with Crippen molar-refractivity contribution in [1.82, 2.24) is 0 Å². The fourth-order valence-electron chi connectivity index (χ4n) is 2.22. The lowest BCUT2D eigenvalue weighted by Gasteiger charge is -2.23. The summed E-state index contributed by atoms with van der Waals surface area (Å²) in [4.78, 5) is 0. The average molecular weight is 308 g/mol. The first kappa shape index (κ1) is 15.9. The minimum Gasteiger partial charge on any atom is -0.481 e. The quantitative estimate of drug-likeness (QED) is 0.844. The van der Waals surface area contributed by atoms with Gasteiger partial charge in [0.25, 0.3) is 0 Å². The molecule has 0 aliphatic carbocycles. The molecule has 2 atom stereocenters. The third-order valence-corrected chi connectivity index (χ3v) is 3.93. The Balaban J connectivity index is 2.27. The molecule has 3 nitrogen and oxygen atoms in total. The summed E-state index contributed by atoms with van der Waals surface area (Å²) in [5.74, 6) is 2.38. The van der Waals surface area contributed by atoms with Gasteiger partial charge in [-0.25, -0.2) is 0 Å². The molecule has 0 saturated carbocycles. The zero-order chi connectivity index (χ0) is 15.4. The van der Waals surface area contributed by atoms with Crippen LogP contribution in [-0.4, -0.2) is 6.04 Å². The van der Waals surface area contributed by atoms with Crippen LogP contribution >= 0.6 is 11.6 Å². The molecule has 2 rings (SSSR count). The van der Waals surface area contributed by atoms with E-state index in [0.29, 0.717) is 0 Å². The molecule has 1 aromatic heterocycles. The molecule has 114 valence electrons. The topological polar surface area (TPSA) is 48.4 Å². The molecule has 1 heterocycles. The van der Waals surface area contributed by atoms with Crippen LogP contribution in [0.15, 0.2) is 34.7 Å². The van der Waals surface area contributed by atoms with Crippen molar-refractivity contribution >= 4 is 11.6 Å². The van der Waals surface area contributed by atoms with E-state index < -0.39 is 0 Å². The van der Waals surface area contributed by atoms with Crippen LogP contribution in [0.2, 0.25) is 5.02 Å². The SMILES string of the molecule is CCc1cc(OC(c2ccc(C)o2)C(N)CC)ccc1Cl. The summed E-state index contributed by atoms with van der Waals surface area (Å²) < 4.78 is 11.8. The summed E-state index contributed by atoms with van der Waals surface area (Å²) in [5.41, 5.74) is 7.26. The van der Waals surface area contributed by atoms with Crippen LogP contribution in [0.25, 0.3) is 0 Å². The van der Waals surface area contributed by atoms with Gasteiger partial charge in [0.1, 0.15) is 17.3 Å². The number of nitrogens with two attached hydrogens (primary N) is 1. The first-order chi connectivity index (χ1) is 10.0. The first-order valence-electron chi connectivity index (χ1n) is 7.32. The molecular formula is C17H22ClNO2. The van der Waals surface area contributed by atoms with Gasteiger partial charge >= 0.3 is 0 Å². The van der Waals surface area contributed by atoms with Crippen molar-refractivity contribution in [3.8, 4) is 5.75 Å². The monoisotopic (exact) mass is 307 g/mol. The Morgan fingerprint density at radius 1 is 1.24 bits per heavy atom. The van der Waals surface area contributed by atoms with E-state index in [9.17, 15) is 0 Å². The van der Waals surface area contributed by atoms with Crippen LogP contribution in [-0.2, 0) is 6.42 Å². The van der Waals surface area contributed by atoms with Gasteiger partial charge in [0.15, 0.2) is 6.10 Å². The van der Waals surface area contributed by atoms with Crippen molar-refractivity contribution in [2.24, 2.45) is 5.73 Å². The highest BCUT2D eigenvalue weighted by atomic mass is 35.5. The highest BCUT2D eigenvalue weighted by molar-refractivity contribution is 6.31. The molecular weight excluding hydrogens is 286 g/mol. The number of aryl methyl sites for hydroxylation is 2. The second-order valence-corrected chi connectivity index (χ2v) is 5.57. The summed E-state index contributed by atoms with van der Waals surface area (Å²) in [5, 5.41) is 0.759. The summed E-state index contributed by atoms with van der Waals surface area (Å²) in [7, 11) is 0. The predicted molar refractivity (Wildman–Crippen MR) is 85.9 cm³/mol. The number of hydrogen-bond donors (Lipinski definition) is 1. The Kier molecular flexibility index (Phi) is 5.32. The van der Waals surface area contributed by atoms with Gasteiger partial charge in [0.2, 0.25) is 0 Å². The summed E-state index contributed by atoms with van der Waals surface area (Å²) in [6.45, 7) is 6.02. The molecule has 0 saturated heterocycles. The van der Waals surface area contributed by atoms with Crippen molar-refractivity contribution in [3.05, 3.63) is 52.4 Å². The lowest BCUT2D eigenvalue weighted by atomic mass is 10.1. The molecule has 21 heavy (non-hydrogen) atoms. The van der Waals surface area contributed by atoms with Gasteiger partial charge in [-0.2, -0.15) is 0 Å². The number of benzene rings is 1. The minimum absolute atomic E-state index is 0.128. The van der Waals surface area contributed by atoms with Gasteiger partial charge in [-0.1, -0.05) is 25.4 Å². The van der Waals surface area contributed by atoms with E-state index in [1.165, 1.54) is 0 Å². The van der Waals surface area contributed by atoms with Crippen LogP contribution in [0.1, 0.15) is 43.5 Å². The zero-order valence-corrected chi connectivity index (χ0v) is 13.5. The highest BCUT2D eigenvalue weighted by Crippen LogP contribution is 2.29. The minimum atomic E-state index is -0.297. The number of ether oxygens (including phenoxy) is 1. The van der Waals surface area contributed by atoms with E-state index in [-0.39, 0.29) is 12.1 Å². The third-order valence-electron chi connectivity index (χ3n) is 3.56. The highest BCUT2D eigenvalue weighted by Gasteiger charge is 2.24. The lowest BCUT2D eigenvalue weighted by molar-refractivity contribution is 0.143. The normalized spacial score (nSPS) is 14.0. The van der Waals surface area contributed by atoms with Crippen molar-refractivity contribution in [1.29, 1.82) is 0 Å². The van der Waals surface area contributed by atoms with Crippen molar-refractivity contribution in [3.63, 3.8) is 0 Å². The second-order valence-electron chi connectivity index (χ2n) is 5.17. The second kappa shape index (κ2) is 7.01. The van der Waals surface area contributed by atoms with E-state index in [1.54, 1.807) is 0 Å². The average Bonchev–Trinajstić information content (AvgIpc) is 2.91. The lowest BCUT2D eigenvalue weighted by Crippen LogP contribution is -2.31. The maximum absolute atomic E-state index is 6.20. The fraction of sp³-hybridized carbons (Fsp3) is 0.412. The molecule has 1 aromatic carbocycles. The summed E-state index contributed by atoms with van der Waals surface area (Å²) >= 11 is 6.14. The summed E-state index contributed by atoms with van der Waals surface area (Å²) in [6.07, 6.45) is 1.37. The van der Waals surface area contributed by atoms with Gasteiger partial charge in [-0.05, 0) is 55.7 Å². The van der Waals surface area contributed by atoms with E-state index in [2.05, 4.69) is 6.92 Å². The van der Waals surface area contributed by atoms with Crippen molar-refractivity contribution < 1.29 is 9.15 Å². The van der Waals surface area contributed by atoms with E-state index >= 15 is 0 Å². The molecule has 0 bridgehead atoms. The maximum Gasteiger partial charge on any atom is 0.171 e. The Morgan fingerprint density at radius 3 is 2.57 bits per heavy atom. The van der Waals surface area contributed by atoms with E-state index in [4.69, 9.17) is 26.5 Å². The molecule has 0 fully saturated rings. The first-order valence-corrected chi connectivity index (χ1v) is 7.70. The fourth-order valence-corrected chi connectivity index (χ4v) is 2.47. The van der Waals surface area contributed by atoms with Crippen LogP contribution in [0.3, 0.4) is 0 Å². The number of rotatable bonds is 6. The zero-order valence-electron chi connectivity index (χ0n) is 12.7. The van der Waals surface area contributed by atoms with Crippen LogP contribution in [0.4, 0.5) is 0 Å². The predicted octanol–water partition coefficient (Wildman–Crippen LogP) is 4.66. The Morgan fingerprint density at radius 2 is 2.00 bits per heavy atom. The Hall–Kier alpha value is -1.45. The summed E-state index contributed by atoms with van der Waals surface area (Å²) in [6, 6.07) is 9.41. The molecule has 2 aromatic rings. The number of halogens is 1. The van der Waals surface area contributed by atoms with Gasteiger partial charge in [-0.15, -0.1) is 0 Å². The number of hydrogen-bond acceptors (Lipinski definition) is 3. The smallest absolute Gasteiger partial charge is 0.171 e. The van der Waals surface area contributed by atoms with Gasteiger partial charge in [-0.3, -0.25) is 0 Å². The van der Waals surface area contributed by atoms with Crippen molar-refractivity contribution in [2.45, 2.75) is 45.8 Å². The number of furan rings is 1. The van der Waals surface area contributed by atoms with Gasteiger partial charge in [0, 0.05) is 11.1 Å². The van der Waals surface area contributed by atoms with Gasteiger partial charge < -0.3 is 14.9 Å². The maximum atomic E-state index is 6.20. The van der Waals surface area contributed by atoms with Gasteiger partial charge in [0.05, 0.1) is 0 Å². The van der Waals surface area contributed by atoms with Crippen LogP contribution in [0, 0.1) is 6.92 Å². The van der Waals surface area contributed by atoms with Crippen LogP contribution < -0.4 is 10.5 Å². The molecule has 2 unspecified atom stereocenters. The molecule has 0 spiro atoms. The molecule has 0 radical (unpaired) electrons. The van der Waals surface area contributed by atoms with Crippen molar-refractivity contribution in [2.75, 3.05) is 0 Å².